The van der Waals surface area contributed by atoms with E-state index in [1.165, 1.54) is 30.3 Å². The highest BCUT2D eigenvalue weighted by atomic mass is 35.5. The molecule has 0 aliphatic heterocycles. The van der Waals surface area contributed by atoms with Gasteiger partial charge in [-0.15, -0.1) is 0 Å². The fraction of sp³-hybridized carbons (Fsp3) is 0.406. The first-order valence-corrected chi connectivity index (χ1v) is 16.2. The number of hydrogen-bond acceptors (Lipinski definition) is 5. The van der Waals surface area contributed by atoms with Crippen LogP contribution in [0.3, 0.4) is 0 Å². The molecule has 1 aliphatic rings. The van der Waals surface area contributed by atoms with Crippen molar-refractivity contribution in [1.82, 2.24) is 9.62 Å². The van der Waals surface area contributed by atoms with Crippen molar-refractivity contribution >= 4 is 39.2 Å². The zero-order valence-electron chi connectivity index (χ0n) is 24.1. The Hall–Kier alpha value is -2.46. The first kappa shape index (κ1) is 32.5. The number of aliphatic hydroxyl groups is 1. The van der Waals surface area contributed by atoms with Gasteiger partial charge in [0, 0.05) is 32.1 Å². The molecular formula is C32H38Cl2N2O5S. The molecule has 0 bridgehead atoms. The molecule has 1 atom stereocenters. The lowest BCUT2D eigenvalue weighted by Crippen LogP contribution is -2.47. The summed E-state index contributed by atoms with van der Waals surface area (Å²) < 4.78 is 28.1. The molecular weight excluding hydrogens is 595 g/mol. The van der Waals surface area contributed by atoms with Gasteiger partial charge in [0.05, 0.1) is 16.1 Å². The van der Waals surface area contributed by atoms with E-state index in [1.807, 2.05) is 24.3 Å². The molecule has 0 spiro atoms. The van der Waals surface area contributed by atoms with E-state index in [0.717, 1.165) is 34.7 Å². The van der Waals surface area contributed by atoms with Crippen molar-refractivity contribution in [1.29, 1.82) is 0 Å². The van der Waals surface area contributed by atoms with E-state index in [-0.39, 0.29) is 40.0 Å². The van der Waals surface area contributed by atoms with Crippen LogP contribution in [0.1, 0.15) is 43.4 Å². The number of aryl methyl sites for hydroxylation is 1. The first-order chi connectivity index (χ1) is 19.8. The smallest absolute Gasteiger partial charge is 0.303 e. The predicted molar refractivity (Wildman–Crippen MR) is 168 cm³/mol. The number of carbonyl (C=O) groups is 1. The molecule has 0 radical (unpaired) electrons. The van der Waals surface area contributed by atoms with Gasteiger partial charge in [0.25, 0.3) is 0 Å². The van der Waals surface area contributed by atoms with Crippen LogP contribution < -0.4 is 5.32 Å². The normalized spacial score (nSPS) is 14.7. The number of fused-ring (bicyclic) bond motifs is 1. The molecule has 0 aromatic heterocycles. The maximum absolute atomic E-state index is 13.5. The average Bonchev–Trinajstić information content (AvgIpc) is 3.32. The lowest BCUT2D eigenvalue weighted by Gasteiger charge is -2.31. The highest BCUT2D eigenvalue weighted by Crippen LogP contribution is 2.37. The van der Waals surface area contributed by atoms with Crippen LogP contribution in [0.4, 0.5) is 0 Å². The molecule has 0 fully saturated rings. The summed E-state index contributed by atoms with van der Waals surface area (Å²) in [5, 5.41) is 23.2. The summed E-state index contributed by atoms with van der Waals surface area (Å²) in [4.78, 5) is 10.9. The molecule has 42 heavy (non-hydrogen) atoms. The SMILES string of the molecule is CN(CC(O)CNC(C)(C)CC1Cc2ccccc2C1)S(=O)(=O)c1c(Cl)cc(-c2ccccc2CCC(=O)O)cc1Cl. The largest absolute Gasteiger partial charge is 0.481 e. The van der Waals surface area contributed by atoms with Crippen molar-refractivity contribution in [3.63, 3.8) is 0 Å². The fourth-order valence-corrected chi connectivity index (χ4v) is 8.18. The van der Waals surface area contributed by atoms with Crippen LogP contribution in [-0.4, -0.2) is 60.7 Å². The Balaban J connectivity index is 1.40. The summed E-state index contributed by atoms with van der Waals surface area (Å²) in [7, 11) is -2.73. The first-order valence-electron chi connectivity index (χ1n) is 14.0. The quantitative estimate of drug-likeness (QED) is 0.219. The Morgan fingerprint density at radius 1 is 1.05 bits per heavy atom. The molecule has 1 unspecified atom stereocenters. The van der Waals surface area contributed by atoms with Crippen LogP contribution >= 0.6 is 23.2 Å². The summed E-state index contributed by atoms with van der Waals surface area (Å²) >= 11 is 13.0. The van der Waals surface area contributed by atoms with Crippen molar-refractivity contribution in [3.05, 3.63) is 87.4 Å². The number of benzene rings is 3. The van der Waals surface area contributed by atoms with Crippen molar-refractivity contribution in [3.8, 4) is 11.1 Å². The second kappa shape index (κ2) is 13.5. The molecule has 0 heterocycles. The zero-order valence-corrected chi connectivity index (χ0v) is 26.4. The number of likely N-dealkylation sites (N-methyl/N-ethyl adjacent to an activating group) is 1. The number of carboxylic acids is 1. The lowest BCUT2D eigenvalue weighted by molar-refractivity contribution is -0.136. The van der Waals surface area contributed by atoms with E-state index in [2.05, 4.69) is 43.4 Å². The summed E-state index contributed by atoms with van der Waals surface area (Å²) in [5.74, 6) is -0.396. The summed E-state index contributed by atoms with van der Waals surface area (Å²) in [5.41, 5.74) is 4.66. The van der Waals surface area contributed by atoms with Gasteiger partial charge in [-0.25, -0.2) is 8.42 Å². The van der Waals surface area contributed by atoms with E-state index in [1.54, 1.807) is 0 Å². The van der Waals surface area contributed by atoms with Crippen molar-refractivity contribution < 1.29 is 23.4 Å². The van der Waals surface area contributed by atoms with Gasteiger partial charge in [0.15, 0.2) is 0 Å². The van der Waals surface area contributed by atoms with Gasteiger partial charge >= 0.3 is 5.97 Å². The average molecular weight is 634 g/mol. The highest BCUT2D eigenvalue weighted by Gasteiger charge is 2.31. The Labute approximate surface area is 258 Å². The number of hydrogen-bond donors (Lipinski definition) is 3. The molecule has 4 rings (SSSR count). The Morgan fingerprint density at radius 2 is 1.62 bits per heavy atom. The number of nitrogens with one attached hydrogen (secondary N) is 1. The minimum Gasteiger partial charge on any atom is -0.481 e. The van der Waals surface area contributed by atoms with Gasteiger partial charge in [-0.1, -0.05) is 71.7 Å². The minimum absolute atomic E-state index is 0.0427. The van der Waals surface area contributed by atoms with Crippen LogP contribution in [0.25, 0.3) is 11.1 Å². The molecule has 0 saturated carbocycles. The Morgan fingerprint density at radius 3 is 2.21 bits per heavy atom. The topological polar surface area (TPSA) is 107 Å². The Bertz CT molecular complexity index is 1500. The highest BCUT2D eigenvalue weighted by molar-refractivity contribution is 7.89. The molecule has 0 saturated heterocycles. The molecule has 3 aromatic rings. The monoisotopic (exact) mass is 632 g/mol. The van der Waals surface area contributed by atoms with Crippen molar-refractivity contribution in [2.24, 2.45) is 5.92 Å². The van der Waals surface area contributed by atoms with Gasteiger partial charge in [-0.2, -0.15) is 4.31 Å². The van der Waals surface area contributed by atoms with Crippen LogP contribution in [-0.2, 0) is 34.1 Å². The van der Waals surface area contributed by atoms with E-state index in [4.69, 9.17) is 28.3 Å². The summed E-state index contributed by atoms with van der Waals surface area (Å²) in [6, 6.07) is 18.8. The van der Waals surface area contributed by atoms with E-state index in [0.29, 0.717) is 17.9 Å². The summed E-state index contributed by atoms with van der Waals surface area (Å²) in [6.45, 7) is 4.28. The van der Waals surface area contributed by atoms with E-state index in [9.17, 15) is 18.3 Å². The van der Waals surface area contributed by atoms with Crippen molar-refractivity contribution in [2.75, 3.05) is 20.1 Å². The van der Waals surface area contributed by atoms with Gasteiger partial charge < -0.3 is 15.5 Å². The maximum Gasteiger partial charge on any atom is 0.303 e. The number of aliphatic carboxylic acids is 1. The number of halogens is 2. The standard InChI is InChI=1S/C32H38Cl2N2O5S/c1-32(2,18-21-14-23-9-4-5-10-24(23)15-21)35-19-26(37)20-36(3)42(40,41)31-28(33)16-25(17-29(31)34)27-11-7-6-8-22(27)12-13-30(38)39/h4-11,16-17,21,26,35,37H,12-15,18-20H2,1-3H3,(H,38,39). The van der Waals surface area contributed by atoms with Crippen LogP contribution in [0, 0.1) is 5.92 Å². The third-order valence-electron chi connectivity index (χ3n) is 7.82. The maximum atomic E-state index is 13.5. The van der Waals surface area contributed by atoms with E-state index < -0.39 is 22.1 Å². The predicted octanol–water partition coefficient (Wildman–Crippen LogP) is 5.83. The number of sulfonamides is 1. The Kier molecular flexibility index (Phi) is 10.4. The summed E-state index contributed by atoms with van der Waals surface area (Å²) in [6.07, 6.45) is 2.32. The van der Waals surface area contributed by atoms with Crippen molar-refractivity contribution in [2.45, 2.75) is 62.5 Å². The number of β-amino-alcohol motifs (C(OH)–C–C–N with tert-alkyl or cyclic N) is 1. The second-order valence-corrected chi connectivity index (χ2v) is 14.6. The van der Waals surface area contributed by atoms with Crippen LogP contribution in [0.2, 0.25) is 10.0 Å². The third-order valence-corrected chi connectivity index (χ3v) is 10.6. The molecule has 3 aromatic carbocycles. The molecule has 226 valence electrons. The molecule has 7 nitrogen and oxygen atoms in total. The van der Waals surface area contributed by atoms with Gasteiger partial charge in [-0.05, 0) is 85.4 Å². The van der Waals surface area contributed by atoms with Crippen LogP contribution in [0.5, 0.6) is 0 Å². The number of carboxylic acid groups (broad SMARTS) is 1. The van der Waals surface area contributed by atoms with Gasteiger partial charge in [-0.3, -0.25) is 4.79 Å². The molecule has 0 amide bonds. The third kappa shape index (κ3) is 7.92. The van der Waals surface area contributed by atoms with Crippen LogP contribution in [0.15, 0.2) is 65.6 Å². The van der Waals surface area contributed by atoms with Gasteiger partial charge in [0.2, 0.25) is 10.0 Å². The fourth-order valence-electron chi connectivity index (χ4n) is 5.82. The number of nitrogens with zero attached hydrogens (tertiary/aromatic N) is 1. The van der Waals surface area contributed by atoms with Gasteiger partial charge in [0.1, 0.15) is 4.90 Å². The zero-order chi connectivity index (χ0) is 30.7. The molecule has 1 aliphatic carbocycles. The minimum atomic E-state index is -4.13. The number of aliphatic hydroxyl groups excluding tert-OH is 1. The lowest BCUT2D eigenvalue weighted by atomic mass is 9.88. The number of rotatable bonds is 13. The molecule has 10 heteroatoms. The van der Waals surface area contributed by atoms with E-state index >= 15 is 0 Å². The molecule has 3 N–H and O–H groups in total. The second-order valence-electron chi connectivity index (χ2n) is 11.8.